The minimum Gasteiger partial charge on any atom is -0.465 e. The van der Waals surface area contributed by atoms with Gasteiger partial charge in [0, 0.05) is 15.6 Å². The normalized spacial score (nSPS) is 10.7. The van der Waals surface area contributed by atoms with E-state index in [1.165, 1.54) is 19.2 Å². The number of fused-ring (bicyclic) bond motifs is 1. The average molecular weight is 286 g/mol. The van der Waals surface area contributed by atoms with Gasteiger partial charge in [0.25, 0.3) is 0 Å². The molecule has 3 rings (SSSR count). The molecule has 3 aromatic rings. The Hall–Kier alpha value is -2.20. The number of halogens is 1. The number of ether oxygens (including phenoxy) is 1. The molecule has 0 aliphatic carbocycles. The van der Waals surface area contributed by atoms with Gasteiger partial charge in [-0.05, 0) is 35.2 Å². The zero-order valence-electron chi connectivity index (χ0n) is 10.7. The molecule has 1 heterocycles. The lowest BCUT2D eigenvalue weighted by atomic mass is 10.0. The monoisotopic (exact) mass is 286 g/mol. The lowest BCUT2D eigenvalue weighted by Crippen LogP contribution is -1.99. The largest absolute Gasteiger partial charge is 0.465 e. The molecule has 20 heavy (non-hydrogen) atoms. The molecule has 0 N–H and O–H groups in total. The molecule has 0 atom stereocenters. The molecule has 0 amide bonds. The van der Waals surface area contributed by atoms with Crippen LogP contribution in [0, 0.1) is 5.82 Å². The van der Waals surface area contributed by atoms with E-state index in [1.807, 2.05) is 17.5 Å². The number of benzene rings is 2. The van der Waals surface area contributed by atoms with E-state index in [1.54, 1.807) is 29.5 Å². The van der Waals surface area contributed by atoms with E-state index in [2.05, 4.69) is 0 Å². The highest BCUT2D eigenvalue weighted by atomic mass is 32.1. The molecule has 100 valence electrons. The summed E-state index contributed by atoms with van der Waals surface area (Å²) in [6, 6.07) is 11.9. The number of carbonyl (C=O) groups excluding carboxylic acids is 1. The van der Waals surface area contributed by atoms with Gasteiger partial charge in [-0.3, -0.25) is 0 Å². The first-order chi connectivity index (χ1) is 9.69. The van der Waals surface area contributed by atoms with Crippen molar-refractivity contribution >= 4 is 27.4 Å². The van der Waals surface area contributed by atoms with Gasteiger partial charge in [-0.1, -0.05) is 18.2 Å². The number of hydrogen-bond donors (Lipinski definition) is 0. The van der Waals surface area contributed by atoms with Crippen LogP contribution in [-0.2, 0) is 4.74 Å². The van der Waals surface area contributed by atoms with Gasteiger partial charge in [-0.15, -0.1) is 11.3 Å². The van der Waals surface area contributed by atoms with E-state index in [0.29, 0.717) is 5.56 Å². The molecule has 0 saturated carbocycles. The van der Waals surface area contributed by atoms with Gasteiger partial charge in [-0.25, -0.2) is 9.18 Å². The summed E-state index contributed by atoms with van der Waals surface area (Å²) in [7, 11) is 1.37. The van der Waals surface area contributed by atoms with Crippen LogP contribution < -0.4 is 0 Å². The lowest BCUT2D eigenvalue weighted by molar-refractivity contribution is 0.0601. The molecule has 0 aliphatic rings. The number of methoxy groups -OCH3 is 1. The van der Waals surface area contributed by atoms with Crippen molar-refractivity contribution in [3.8, 4) is 11.1 Å². The summed E-state index contributed by atoms with van der Waals surface area (Å²) in [6.45, 7) is 0. The second-order valence-corrected chi connectivity index (χ2v) is 5.27. The van der Waals surface area contributed by atoms with Crippen LogP contribution in [0.25, 0.3) is 21.2 Å². The van der Waals surface area contributed by atoms with Gasteiger partial charge in [0.1, 0.15) is 5.82 Å². The number of esters is 1. The lowest BCUT2D eigenvalue weighted by Gasteiger charge is -2.02. The molecule has 0 spiro atoms. The molecule has 0 aliphatic heterocycles. The van der Waals surface area contributed by atoms with Crippen LogP contribution in [0.5, 0.6) is 0 Å². The van der Waals surface area contributed by atoms with E-state index in [0.717, 1.165) is 21.2 Å². The van der Waals surface area contributed by atoms with Crippen LogP contribution in [0.1, 0.15) is 10.4 Å². The first-order valence-corrected chi connectivity index (χ1v) is 6.92. The van der Waals surface area contributed by atoms with Crippen LogP contribution in [0.15, 0.2) is 47.8 Å². The molecule has 1 aromatic heterocycles. The van der Waals surface area contributed by atoms with Crippen LogP contribution in [0.2, 0.25) is 0 Å². The van der Waals surface area contributed by atoms with E-state index >= 15 is 0 Å². The molecule has 0 bridgehead atoms. The van der Waals surface area contributed by atoms with Gasteiger partial charge in [0.2, 0.25) is 0 Å². The first-order valence-electron chi connectivity index (χ1n) is 6.04. The zero-order chi connectivity index (χ0) is 14.1. The summed E-state index contributed by atoms with van der Waals surface area (Å²) in [4.78, 5) is 11.5. The summed E-state index contributed by atoms with van der Waals surface area (Å²) < 4.78 is 18.7. The number of rotatable bonds is 2. The molecule has 0 saturated heterocycles. The van der Waals surface area contributed by atoms with Crippen molar-refractivity contribution in [2.75, 3.05) is 7.11 Å². The van der Waals surface area contributed by atoms with Gasteiger partial charge in [0.05, 0.1) is 12.7 Å². The maximum absolute atomic E-state index is 13.0. The molecular weight excluding hydrogens is 275 g/mol. The van der Waals surface area contributed by atoms with E-state index in [4.69, 9.17) is 4.74 Å². The standard InChI is InChI=1S/C16H11FO2S/c1-19-16(18)11-4-7-13-14(9-20-15(13)8-11)10-2-5-12(17)6-3-10/h2-9H,1H3. The topological polar surface area (TPSA) is 26.3 Å². The van der Waals surface area contributed by atoms with Gasteiger partial charge < -0.3 is 4.74 Å². The first kappa shape index (κ1) is 12.8. The van der Waals surface area contributed by atoms with E-state index in [-0.39, 0.29) is 11.8 Å². The fourth-order valence-corrected chi connectivity index (χ4v) is 3.13. The van der Waals surface area contributed by atoms with Gasteiger partial charge >= 0.3 is 5.97 Å². The summed E-state index contributed by atoms with van der Waals surface area (Å²) in [5, 5.41) is 3.06. The molecular formula is C16H11FO2S. The van der Waals surface area contributed by atoms with Crippen molar-refractivity contribution < 1.29 is 13.9 Å². The van der Waals surface area contributed by atoms with Crippen LogP contribution >= 0.6 is 11.3 Å². The Morgan fingerprint density at radius 1 is 1.15 bits per heavy atom. The van der Waals surface area contributed by atoms with Gasteiger partial charge in [0.15, 0.2) is 0 Å². The fourth-order valence-electron chi connectivity index (χ4n) is 2.13. The molecule has 4 heteroatoms. The van der Waals surface area contributed by atoms with Crippen molar-refractivity contribution in [3.05, 3.63) is 59.2 Å². The molecule has 2 nitrogen and oxygen atoms in total. The average Bonchev–Trinajstić information content (AvgIpc) is 2.90. The molecule has 0 radical (unpaired) electrons. The van der Waals surface area contributed by atoms with Crippen molar-refractivity contribution in [1.29, 1.82) is 0 Å². The van der Waals surface area contributed by atoms with Crippen LogP contribution in [0.3, 0.4) is 0 Å². The third kappa shape index (κ3) is 2.18. The zero-order valence-corrected chi connectivity index (χ0v) is 11.5. The smallest absolute Gasteiger partial charge is 0.337 e. The van der Waals surface area contributed by atoms with Gasteiger partial charge in [-0.2, -0.15) is 0 Å². The Morgan fingerprint density at radius 2 is 1.90 bits per heavy atom. The van der Waals surface area contributed by atoms with E-state index in [9.17, 15) is 9.18 Å². The van der Waals surface area contributed by atoms with Crippen molar-refractivity contribution in [2.24, 2.45) is 0 Å². The number of hydrogen-bond acceptors (Lipinski definition) is 3. The quantitative estimate of drug-likeness (QED) is 0.649. The second kappa shape index (κ2) is 5.06. The highest BCUT2D eigenvalue weighted by Gasteiger charge is 2.10. The maximum atomic E-state index is 13.0. The Kier molecular flexibility index (Phi) is 3.24. The third-order valence-corrected chi connectivity index (χ3v) is 4.10. The molecule has 0 unspecified atom stereocenters. The molecule has 0 fully saturated rings. The Morgan fingerprint density at radius 3 is 2.60 bits per heavy atom. The van der Waals surface area contributed by atoms with E-state index < -0.39 is 0 Å². The third-order valence-electron chi connectivity index (χ3n) is 3.15. The minimum absolute atomic E-state index is 0.249. The predicted octanol–water partition coefficient (Wildman–Crippen LogP) is 4.49. The summed E-state index contributed by atoms with van der Waals surface area (Å²) in [5.41, 5.74) is 2.54. The highest BCUT2D eigenvalue weighted by molar-refractivity contribution is 7.17. The van der Waals surface area contributed by atoms with Crippen molar-refractivity contribution in [3.63, 3.8) is 0 Å². The fraction of sp³-hybridized carbons (Fsp3) is 0.0625. The Balaban J connectivity index is 2.10. The SMILES string of the molecule is COC(=O)c1ccc2c(-c3ccc(F)cc3)csc2c1. The number of thiophene rings is 1. The Labute approximate surface area is 119 Å². The summed E-state index contributed by atoms with van der Waals surface area (Å²) in [5.74, 6) is -0.593. The van der Waals surface area contributed by atoms with Crippen molar-refractivity contribution in [2.45, 2.75) is 0 Å². The summed E-state index contributed by atoms with van der Waals surface area (Å²) in [6.07, 6.45) is 0. The second-order valence-electron chi connectivity index (χ2n) is 4.36. The molecule has 2 aromatic carbocycles. The predicted molar refractivity (Wildman–Crippen MR) is 78.6 cm³/mol. The van der Waals surface area contributed by atoms with Crippen LogP contribution in [-0.4, -0.2) is 13.1 Å². The maximum Gasteiger partial charge on any atom is 0.337 e. The highest BCUT2D eigenvalue weighted by Crippen LogP contribution is 2.34. The van der Waals surface area contributed by atoms with Crippen LogP contribution in [0.4, 0.5) is 4.39 Å². The van der Waals surface area contributed by atoms with Crippen molar-refractivity contribution in [1.82, 2.24) is 0 Å². The Bertz CT molecular complexity index is 775. The number of carbonyl (C=O) groups is 1. The summed E-state index contributed by atoms with van der Waals surface area (Å²) >= 11 is 1.55. The minimum atomic E-state index is -0.344.